The number of ether oxygens (including phenoxy) is 3. The van der Waals surface area contributed by atoms with Gasteiger partial charge in [0.2, 0.25) is 0 Å². The first-order valence-corrected chi connectivity index (χ1v) is 16.5. The summed E-state index contributed by atoms with van der Waals surface area (Å²) in [7, 11) is 0. The number of nitrogens with zero attached hydrogens (tertiary/aromatic N) is 5. The smallest absolute Gasteiger partial charge is 0.337 e. The maximum Gasteiger partial charge on any atom is 0.337 e. The Bertz CT molecular complexity index is 1910. The molecule has 1 fully saturated rings. The quantitative estimate of drug-likeness (QED) is 0.228. The molecule has 3 aliphatic heterocycles. The van der Waals surface area contributed by atoms with Crippen LogP contribution in [0.25, 0.3) is 28.0 Å². The number of anilines is 1. The number of carboxylic acids is 1. The molecule has 0 unspecified atom stereocenters. The Kier molecular flexibility index (Phi) is 9.03. The minimum absolute atomic E-state index is 0.0993. The van der Waals surface area contributed by atoms with Gasteiger partial charge in [0, 0.05) is 42.4 Å². The number of hydrogen-bond acceptors (Lipinski definition) is 8. The second-order valence-corrected chi connectivity index (χ2v) is 14.0. The van der Waals surface area contributed by atoms with Crippen molar-refractivity contribution in [3.8, 4) is 34.2 Å². The topological polar surface area (TPSA) is 122 Å². The van der Waals surface area contributed by atoms with Crippen LogP contribution >= 0.6 is 0 Å². The standard InChI is InChI=1S/C38H43N5O5/c1-24-10-7-8-19-46-38(6)15-17-42(18-16-38)35-33(34(36(44)45)48-37(3,4)5)25(2)40-32-22-30(41-43(32)35)28-12-9-11-27(21-28)29-20-26(23-39)13-14-31(29)47-24/h7-9,11-14,20-22,24,34H,10,15-19H2,1-6H3,(H,44,45)/t24-,34-/m0/s1. The molecule has 3 aliphatic rings. The van der Waals surface area contributed by atoms with Gasteiger partial charge in [0.15, 0.2) is 11.8 Å². The predicted octanol–water partition coefficient (Wildman–Crippen LogP) is 7.29. The van der Waals surface area contributed by atoms with Crippen molar-refractivity contribution in [2.75, 3.05) is 24.6 Å². The third-order valence-electron chi connectivity index (χ3n) is 8.95. The fraction of sp³-hybridized carbons (Fsp3) is 0.421. The fourth-order valence-electron chi connectivity index (χ4n) is 6.43. The van der Waals surface area contributed by atoms with Crippen LogP contribution in [0.4, 0.5) is 5.82 Å². The molecule has 10 nitrogen and oxygen atoms in total. The molecule has 10 heteroatoms. The van der Waals surface area contributed by atoms with Crippen LogP contribution in [-0.4, -0.2) is 62.7 Å². The molecule has 2 aromatic carbocycles. The van der Waals surface area contributed by atoms with Crippen LogP contribution in [0.1, 0.15) is 76.8 Å². The van der Waals surface area contributed by atoms with Crippen molar-refractivity contribution in [3.05, 3.63) is 77.5 Å². The summed E-state index contributed by atoms with van der Waals surface area (Å²) in [5.41, 5.74) is 4.38. The number of hydrogen-bond donors (Lipinski definition) is 1. The van der Waals surface area contributed by atoms with Crippen LogP contribution in [0.3, 0.4) is 0 Å². The SMILES string of the molecule is Cc1nc2cc3nn2c(c1[C@H](OC(C)(C)C)C(=O)O)N1CCC(C)(CC1)OCC=CC[C@H](C)Oc1ccc(C#N)cc1-c1cccc-3c1. The molecule has 5 heterocycles. The Labute approximate surface area is 281 Å². The van der Waals surface area contributed by atoms with Gasteiger partial charge in [0.05, 0.1) is 46.8 Å². The van der Waals surface area contributed by atoms with Crippen molar-refractivity contribution in [3.63, 3.8) is 0 Å². The average molecular weight is 650 g/mol. The van der Waals surface area contributed by atoms with E-state index in [2.05, 4.69) is 24.0 Å². The molecular formula is C38H43N5O5. The molecule has 1 saturated heterocycles. The highest BCUT2D eigenvalue weighted by molar-refractivity contribution is 5.80. The number of aryl methyl sites for hydroxylation is 1. The summed E-state index contributed by atoms with van der Waals surface area (Å²) in [4.78, 5) is 19.9. The first-order chi connectivity index (χ1) is 22.8. The van der Waals surface area contributed by atoms with Crippen LogP contribution in [0.2, 0.25) is 0 Å². The van der Waals surface area contributed by atoms with E-state index >= 15 is 0 Å². The number of nitriles is 1. The molecule has 0 radical (unpaired) electrons. The Morgan fingerprint density at radius 3 is 2.58 bits per heavy atom. The van der Waals surface area contributed by atoms with Crippen LogP contribution in [0, 0.1) is 18.3 Å². The zero-order valence-electron chi connectivity index (χ0n) is 28.5. The van der Waals surface area contributed by atoms with Gasteiger partial charge in [0.25, 0.3) is 0 Å². The highest BCUT2D eigenvalue weighted by atomic mass is 16.5. The molecular weight excluding hydrogens is 606 g/mol. The van der Waals surface area contributed by atoms with Gasteiger partial charge in [-0.05, 0) is 84.2 Å². The molecule has 0 amide bonds. The zero-order valence-corrected chi connectivity index (χ0v) is 28.5. The van der Waals surface area contributed by atoms with Crippen LogP contribution in [0.15, 0.2) is 60.7 Å². The zero-order chi connectivity index (χ0) is 34.2. The number of aromatic nitrogens is 3. The van der Waals surface area contributed by atoms with Crippen molar-refractivity contribution >= 4 is 17.4 Å². The van der Waals surface area contributed by atoms with E-state index in [1.54, 1.807) is 10.6 Å². The Morgan fingerprint density at radius 1 is 1.12 bits per heavy atom. The summed E-state index contributed by atoms with van der Waals surface area (Å²) in [5.74, 6) is 0.272. The van der Waals surface area contributed by atoms with Crippen molar-refractivity contribution in [1.29, 1.82) is 5.26 Å². The molecule has 0 spiro atoms. The van der Waals surface area contributed by atoms with Gasteiger partial charge in [-0.15, -0.1) is 0 Å². The largest absolute Gasteiger partial charge is 0.490 e. The molecule has 4 aromatic rings. The molecule has 0 aliphatic carbocycles. The van der Waals surface area contributed by atoms with Crippen molar-refractivity contribution in [2.45, 2.75) is 84.2 Å². The lowest BCUT2D eigenvalue weighted by Gasteiger charge is -2.41. The summed E-state index contributed by atoms with van der Waals surface area (Å²) in [5, 5.41) is 25.2. The van der Waals surface area contributed by atoms with Crippen LogP contribution < -0.4 is 9.64 Å². The van der Waals surface area contributed by atoms with Gasteiger partial charge in [0.1, 0.15) is 11.6 Å². The van der Waals surface area contributed by atoms with Crippen molar-refractivity contribution < 1.29 is 24.1 Å². The molecule has 2 aromatic heterocycles. The van der Waals surface area contributed by atoms with Gasteiger partial charge < -0.3 is 24.2 Å². The highest BCUT2D eigenvalue weighted by Gasteiger charge is 2.37. The van der Waals surface area contributed by atoms with Gasteiger partial charge in [-0.2, -0.15) is 14.9 Å². The number of fused-ring (bicyclic) bond motifs is 7. The van der Waals surface area contributed by atoms with Gasteiger partial charge in [-0.1, -0.05) is 30.4 Å². The number of carbonyl (C=O) groups is 1. The monoisotopic (exact) mass is 649 g/mol. The Hall–Kier alpha value is -4.72. The Balaban J connectivity index is 1.55. The molecule has 6 bridgehead atoms. The third kappa shape index (κ3) is 6.93. The van der Waals surface area contributed by atoms with E-state index in [0.717, 1.165) is 29.5 Å². The fourth-order valence-corrected chi connectivity index (χ4v) is 6.43. The average Bonchev–Trinajstić information content (AvgIpc) is 3.46. The van der Waals surface area contributed by atoms with E-state index in [9.17, 15) is 15.2 Å². The maximum atomic E-state index is 12.8. The number of aliphatic carboxylic acids is 1. The maximum absolute atomic E-state index is 12.8. The molecule has 48 heavy (non-hydrogen) atoms. The lowest BCUT2D eigenvalue weighted by molar-refractivity contribution is -0.160. The summed E-state index contributed by atoms with van der Waals surface area (Å²) in [6.45, 7) is 13.3. The predicted molar refractivity (Wildman–Crippen MR) is 184 cm³/mol. The first-order valence-electron chi connectivity index (χ1n) is 16.5. The lowest BCUT2D eigenvalue weighted by Crippen LogP contribution is -2.45. The molecule has 1 N–H and O–H groups in total. The number of piperidine rings is 1. The number of rotatable bonds is 3. The van der Waals surface area contributed by atoms with Crippen molar-refractivity contribution in [2.24, 2.45) is 0 Å². The van der Waals surface area contributed by atoms with E-state index in [1.165, 1.54) is 0 Å². The molecule has 7 rings (SSSR count). The summed E-state index contributed by atoms with van der Waals surface area (Å²) < 4.78 is 20.8. The second-order valence-electron chi connectivity index (χ2n) is 14.0. The van der Waals surface area contributed by atoms with Crippen molar-refractivity contribution in [1.82, 2.24) is 14.6 Å². The first kappa shape index (κ1) is 33.2. The van der Waals surface area contributed by atoms with Gasteiger partial charge in [-0.3, -0.25) is 0 Å². The number of carboxylic acid groups (broad SMARTS) is 1. The minimum atomic E-state index is -1.25. The number of benzene rings is 2. The van der Waals surface area contributed by atoms with E-state index in [1.807, 2.05) is 83.2 Å². The van der Waals surface area contributed by atoms with E-state index in [-0.39, 0.29) is 11.7 Å². The van der Waals surface area contributed by atoms with Crippen LogP contribution in [-0.2, 0) is 14.3 Å². The Morgan fingerprint density at radius 2 is 1.88 bits per heavy atom. The normalized spacial score (nSPS) is 20.6. The molecule has 250 valence electrons. The highest BCUT2D eigenvalue weighted by Crippen LogP contribution is 2.39. The summed E-state index contributed by atoms with van der Waals surface area (Å²) >= 11 is 0. The van der Waals surface area contributed by atoms with Gasteiger partial charge in [-0.25, -0.2) is 9.78 Å². The summed E-state index contributed by atoms with van der Waals surface area (Å²) in [6, 6.07) is 17.6. The molecule has 0 saturated carbocycles. The van der Waals surface area contributed by atoms with Crippen LogP contribution in [0.5, 0.6) is 5.75 Å². The molecule has 2 atom stereocenters. The van der Waals surface area contributed by atoms with Gasteiger partial charge >= 0.3 is 5.97 Å². The van der Waals surface area contributed by atoms with E-state index in [4.69, 9.17) is 24.3 Å². The van der Waals surface area contributed by atoms with E-state index in [0.29, 0.717) is 65.8 Å². The lowest BCUT2D eigenvalue weighted by atomic mass is 9.92. The minimum Gasteiger partial charge on any atom is -0.490 e. The third-order valence-corrected chi connectivity index (χ3v) is 8.95. The van der Waals surface area contributed by atoms with E-state index < -0.39 is 17.7 Å². The summed E-state index contributed by atoms with van der Waals surface area (Å²) in [6.07, 6.45) is 4.98. The second kappa shape index (κ2) is 13.1.